The summed E-state index contributed by atoms with van der Waals surface area (Å²) in [5.41, 5.74) is 3.41. The van der Waals surface area contributed by atoms with E-state index < -0.39 is 0 Å². The Hall–Kier alpha value is -1.52. The summed E-state index contributed by atoms with van der Waals surface area (Å²) >= 11 is 7.72. The predicted octanol–water partition coefficient (Wildman–Crippen LogP) is 4.60. The minimum atomic E-state index is -0.201. The number of amides is 2. The van der Waals surface area contributed by atoms with Gasteiger partial charge in [0.15, 0.2) is 0 Å². The molecule has 0 saturated heterocycles. The van der Waals surface area contributed by atoms with Crippen LogP contribution in [0.2, 0.25) is 5.02 Å². The highest BCUT2D eigenvalue weighted by molar-refractivity contribution is 7.10. The Bertz CT molecular complexity index is 653. The fourth-order valence-electron chi connectivity index (χ4n) is 2.63. The minimum Gasteiger partial charge on any atom is -0.334 e. The third-order valence-corrected chi connectivity index (χ3v) is 5.04. The van der Waals surface area contributed by atoms with Crippen molar-refractivity contribution in [3.05, 3.63) is 50.7 Å². The Kier molecular flexibility index (Phi) is 4.46. The van der Waals surface area contributed by atoms with E-state index in [9.17, 15) is 4.79 Å². The first kappa shape index (κ1) is 14.4. The van der Waals surface area contributed by atoms with Gasteiger partial charge in [-0.2, -0.15) is 0 Å². The Balaban J connectivity index is 1.57. The molecule has 3 rings (SSSR count). The number of thiophene rings is 1. The Morgan fingerprint density at radius 1 is 1.29 bits per heavy atom. The smallest absolute Gasteiger partial charge is 0.319 e. The third-order valence-electron chi connectivity index (χ3n) is 3.67. The molecule has 0 saturated carbocycles. The molecular formula is C16H17ClN2OS. The number of nitrogens with one attached hydrogen (secondary N) is 2. The van der Waals surface area contributed by atoms with Crippen molar-refractivity contribution in [2.45, 2.75) is 32.2 Å². The molecule has 0 radical (unpaired) electrons. The number of halogens is 1. The zero-order chi connectivity index (χ0) is 14.7. The van der Waals surface area contributed by atoms with E-state index in [-0.39, 0.29) is 6.03 Å². The molecule has 5 heteroatoms. The molecule has 3 nitrogen and oxygen atoms in total. The van der Waals surface area contributed by atoms with Crippen LogP contribution < -0.4 is 10.6 Å². The van der Waals surface area contributed by atoms with E-state index in [1.54, 1.807) is 12.1 Å². The third kappa shape index (κ3) is 3.57. The van der Waals surface area contributed by atoms with Crippen LogP contribution in [0.25, 0.3) is 0 Å². The predicted molar refractivity (Wildman–Crippen MR) is 88.3 cm³/mol. The second-order valence-electron chi connectivity index (χ2n) is 5.19. The van der Waals surface area contributed by atoms with Gasteiger partial charge in [0.25, 0.3) is 0 Å². The summed E-state index contributed by atoms with van der Waals surface area (Å²) in [5.74, 6) is 0. The number of aryl methyl sites for hydroxylation is 1. The Morgan fingerprint density at radius 2 is 2.14 bits per heavy atom. The van der Waals surface area contributed by atoms with Crippen molar-refractivity contribution in [3.8, 4) is 0 Å². The van der Waals surface area contributed by atoms with Crippen molar-refractivity contribution in [2.24, 2.45) is 0 Å². The zero-order valence-corrected chi connectivity index (χ0v) is 13.2. The molecule has 0 bridgehead atoms. The van der Waals surface area contributed by atoms with Crippen molar-refractivity contribution in [2.75, 3.05) is 5.32 Å². The standard InChI is InChI=1S/C16H17ClN2OS/c17-12-4-3-5-13(8-12)19-16(20)18-9-11-10-21-15-7-2-1-6-14(11)15/h3-5,8,10H,1-2,6-7,9H2,(H2,18,19,20). The molecule has 1 aromatic heterocycles. The molecule has 110 valence electrons. The lowest BCUT2D eigenvalue weighted by atomic mass is 9.96. The fourth-order valence-corrected chi connectivity index (χ4v) is 3.96. The summed E-state index contributed by atoms with van der Waals surface area (Å²) in [7, 11) is 0. The monoisotopic (exact) mass is 320 g/mol. The van der Waals surface area contributed by atoms with E-state index in [0.29, 0.717) is 17.3 Å². The van der Waals surface area contributed by atoms with Crippen molar-refractivity contribution < 1.29 is 4.79 Å². The number of anilines is 1. The van der Waals surface area contributed by atoms with Gasteiger partial charge in [-0.3, -0.25) is 0 Å². The molecule has 1 aromatic carbocycles. The molecule has 21 heavy (non-hydrogen) atoms. The van der Waals surface area contributed by atoms with Gasteiger partial charge in [0, 0.05) is 22.1 Å². The van der Waals surface area contributed by atoms with Gasteiger partial charge in [-0.25, -0.2) is 4.79 Å². The molecular weight excluding hydrogens is 304 g/mol. The number of urea groups is 1. The van der Waals surface area contributed by atoms with Crippen LogP contribution in [-0.4, -0.2) is 6.03 Å². The number of carbonyl (C=O) groups is 1. The van der Waals surface area contributed by atoms with Crippen molar-refractivity contribution in [1.82, 2.24) is 5.32 Å². The second-order valence-corrected chi connectivity index (χ2v) is 6.59. The lowest BCUT2D eigenvalue weighted by molar-refractivity contribution is 0.251. The highest BCUT2D eigenvalue weighted by Gasteiger charge is 2.15. The zero-order valence-electron chi connectivity index (χ0n) is 11.6. The van der Waals surface area contributed by atoms with Gasteiger partial charge in [-0.15, -0.1) is 11.3 Å². The number of hydrogen-bond acceptors (Lipinski definition) is 2. The summed E-state index contributed by atoms with van der Waals surface area (Å²) in [6, 6.07) is 6.94. The van der Waals surface area contributed by atoms with Crippen LogP contribution in [0.5, 0.6) is 0 Å². The molecule has 1 aliphatic rings. The molecule has 0 unspecified atom stereocenters. The average molecular weight is 321 g/mol. The number of hydrogen-bond donors (Lipinski definition) is 2. The Morgan fingerprint density at radius 3 is 3.00 bits per heavy atom. The largest absolute Gasteiger partial charge is 0.334 e. The van der Waals surface area contributed by atoms with E-state index in [2.05, 4.69) is 16.0 Å². The quantitative estimate of drug-likeness (QED) is 0.852. The van der Waals surface area contributed by atoms with Crippen molar-refractivity contribution in [1.29, 1.82) is 0 Å². The van der Waals surface area contributed by atoms with E-state index in [0.717, 1.165) is 6.42 Å². The minimum absolute atomic E-state index is 0.201. The summed E-state index contributed by atoms with van der Waals surface area (Å²) in [4.78, 5) is 13.4. The van der Waals surface area contributed by atoms with Gasteiger partial charge in [0.05, 0.1) is 0 Å². The normalized spacial score (nSPS) is 13.6. The average Bonchev–Trinajstić information content (AvgIpc) is 2.88. The maximum atomic E-state index is 11.9. The van der Waals surface area contributed by atoms with Gasteiger partial charge >= 0.3 is 6.03 Å². The number of rotatable bonds is 3. The SMILES string of the molecule is O=C(NCc1csc2c1CCCC2)Nc1cccc(Cl)c1. The second kappa shape index (κ2) is 6.50. The van der Waals surface area contributed by atoms with Crippen LogP contribution in [0.15, 0.2) is 29.6 Å². The summed E-state index contributed by atoms with van der Waals surface area (Å²) in [6.07, 6.45) is 4.88. The van der Waals surface area contributed by atoms with Gasteiger partial charge in [-0.1, -0.05) is 17.7 Å². The first-order valence-electron chi connectivity index (χ1n) is 7.11. The van der Waals surface area contributed by atoms with Crippen LogP contribution >= 0.6 is 22.9 Å². The molecule has 0 atom stereocenters. The fraction of sp³-hybridized carbons (Fsp3) is 0.312. The molecule has 0 spiro atoms. The lowest BCUT2D eigenvalue weighted by Gasteiger charge is -2.13. The first-order chi connectivity index (χ1) is 10.2. The molecule has 2 aromatic rings. The maximum Gasteiger partial charge on any atom is 0.319 e. The lowest BCUT2D eigenvalue weighted by Crippen LogP contribution is -2.28. The van der Waals surface area contributed by atoms with Crippen LogP contribution in [0, 0.1) is 0 Å². The molecule has 1 aliphatic carbocycles. The number of benzene rings is 1. The van der Waals surface area contributed by atoms with E-state index in [1.165, 1.54) is 35.3 Å². The first-order valence-corrected chi connectivity index (χ1v) is 8.36. The maximum absolute atomic E-state index is 11.9. The molecule has 0 aliphatic heterocycles. The highest BCUT2D eigenvalue weighted by Crippen LogP contribution is 2.30. The number of carbonyl (C=O) groups excluding carboxylic acids is 1. The van der Waals surface area contributed by atoms with E-state index in [1.807, 2.05) is 23.5 Å². The van der Waals surface area contributed by atoms with Crippen LogP contribution in [0.1, 0.15) is 28.8 Å². The topological polar surface area (TPSA) is 41.1 Å². The molecule has 1 heterocycles. The summed E-state index contributed by atoms with van der Waals surface area (Å²) in [6.45, 7) is 0.582. The highest BCUT2D eigenvalue weighted by atomic mass is 35.5. The summed E-state index contributed by atoms with van der Waals surface area (Å²) < 4.78 is 0. The number of fused-ring (bicyclic) bond motifs is 1. The molecule has 0 fully saturated rings. The van der Waals surface area contributed by atoms with Crippen LogP contribution in [0.3, 0.4) is 0 Å². The van der Waals surface area contributed by atoms with Gasteiger partial charge in [-0.05, 0) is 60.4 Å². The van der Waals surface area contributed by atoms with Gasteiger partial charge in [0.1, 0.15) is 0 Å². The molecule has 2 amide bonds. The van der Waals surface area contributed by atoms with Gasteiger partial charge in [0.2, 0.25) is 0 Å². The van der Waals surface area contributed by atoms with Crippen LogP contribution in [0.4, 0.5) is 10.5 Å². The van der Waals surface area contributed by atoms with Crippen LogP contribution in [-0.2, 0) is 19.4 Å². The Labute approximate surface area is 133 Å². The van der Waals surface area contributed by atoms with Gasteiger partial charge < -0.3 is 10.6 Å². The van der Waals surface area contributed by atoms with Crippen molar-refractivity contribution in [3.63, 3.8) is 0 Å². The molecule has 2 N–H and O–H groups in total. The van der Waals surface area contributed by atoms with E-state index >= 15 is 0 Å². The van der Waals surface area contributed by atoms with E-state index in [4.69, 9.17) is 11.6 Å². The van der Waals surface area contributed by atoms with Crippen molar-refractivity contribution >= 4 is 34.7 Å². The summed E-state index contributed by atoms with van der Waals surface area (Å²) in [5, 5.41) is 8.50.